The maximum absolute atomic E-state index is 13.1. The van der Waals surface area contributed by atoms with Crippen LogP contribution in [0.1, 0.15) is 48.1 Å². The Kier molecular flexibility index (Phi) is 5.67. The molecule has 1 amide bonds. The van der Waals surface area contributed by atoms with Gasteiger partial charge in [-0.3, -0.25) is 14.9 Å². The summed E-state index contributed by atoms with van der Waals surface area (Å²) in [4.78, 5) is 26.0. The summed E-state index contributed by atoms with van der Waals surface area (Å²) in [6, 6.07) is 16.0. The minimum Gasteiger partial charge on any atom is -0.295 e. The van der Waals surface area contributed by atoms with E-state index in [0.717, 1.165) is 17.8 Å². The van der Waals surface area contributed by atoms with Crippen LogP contribution in [0, 0.1) is 0 Å². The van der Waals surface area contributed by atoms with Gasteiger partial charge >= 0.3 is 0 Å². The van der Waals surface area contributed by atoms with Crippen molar-refractivity contribution in [3.05, 3.63) is 75.7 Å². The highest BCUT2D eigenvalue weighted by Gasteiger charge is 2.20. The molecule has 0 radical (unpaired) electrons. The Hall–Kier alpha value is -3.39. The summed E-state index contributed by atoms with van der Waals surface area (Å²) in [5.74, 6) is -0.102. The summed E-state index contributed by atoms with van der Waals surface area (Å²) in [5, 5.41) is 17.8. The van der Waals surface area contributed by atoms with E-state index in [4.69, 9.17) is 0 Å². The van der Waals surface area contributed by atoms with Crippen LogP contribution in [0.4, 0.5) is 5.13 Å². The molecule has 1 N–H and O–H groups in total. The van der Waals surface area contributed by atoms with Crippen molar-refractivity contribution in [2.75, 3.05) is 5.32 Å². The lowest BCUT2D eigenvalue weighted by molar-refractivity contribution is 0.102. The van der Waals surface area contributed by atoms with Crippen molar-refractivity contribution in [1.82, 2.24) is 20.0 Å². The van der Waals surface area contributed by atoms with Gasteiger partial charge in [-0.25, -0.2) is 0 Å². The summed E-state index contributed by atoms with van der Waals surface area (Å²) in [6.07, 6.45) is 1.93. The van der Waals surface area contributed by atoms with Crippen LogP contribution >= 0.6 is 11.3 Å². The number of fused-ring (bicyclic) bond motifs is 1. The number of hydrogen-bond acceptors (Lipinski definition) is 6. The van der Waals surface area contributed by atoms with Crippen molar-refractivity contribution >= 4 is 33.1 Å². The molecule has 0 aliphatic heterocycles. The van der Waals surface area contributed by atoms with Crippen LogP contribution in [0.3, 0.4) is 0 Å². The van der Waals surface area contributed by atoms with Crippen LogP contribution < -0.4 is 10.9 Å². The fourth-order valence-corrected chi connectivity index (χ4v) is 4.35. The van der Waals surface area contributed by atoms with Crippen molar-refractivity contribution in [3.63, 3.8) is 0 Å². The molecule has 0 bridgehead atoms. The number of carbonyl (C=O) groups excluding carboxylic acids is 1. The number of hydrogen-bond donors (Lipinski definition) is 1. The smallest absolute Gasteiger partial charge is 0.279 e. The van der Waals surface area contributed by atoms with E-state index >= 15 is 0 Å². The highest BCUT2D eigenvalue weighted by molar-refractivity contribution is 7.15. The molecule has 30 heavy (non-hydrogen) atoms. The highest BCUT2D eigenvalue weighted by atomic mass is 32.1. The fraction of sp³-hybridized carbons (Fsp3) is 0.227. The standard InChI is InChI=1S/C22H21N5O2S/c1-3-14(4-2)20-24-25-22(30-20)23-19(28)18-16-12-8-9-13-17(16)21(29)27(26-18)15-10-6-5-7-11-15/h5-14H,3-4H2,1-2H3,(H,23,25,28). The number of amides is 1. The van der Waals surface area contributed by atoms with Crippen LogP contribution in [0.15, 0.2) is 59.4 Å². The van der Waals surface area contributed by atoms with E-state index in [0.29, 0.717) is 27.5 Å². The molecule has 0 unspecified atom stereocenters. The molecule has 0 aliphatic rings. The number of para-hydroxylation sites is 1. The van der Waals surface area contributed by atoms with Gasteiger partial charge < -0.3 is 0 Å². The van der Waals surface area contributed by atoms with Crippen LogP contribution in [0.2, 0.25) is 0 Å². The quantitative estimate of drug-likeness (QED) is 0.500. The fourth-order valence-electron chi connectivity index (χ4n) is 3.35. The van der Waals surface area contributed by atoms with Gasteiger partial charge in [-0.2, -0.15) is 9.78 Å². The second kappa shape index (κ2) is 8.54. The molecule has 0 spiro atoms. The molecule has 0 atom stereocenters. The molecule has 4 aromatic rings. The number of carbonyl (C=O) groups is 1. The molecule has 0 aliphatic carbocycles. The Bertz CT molecular complexity index is 1250. The Balaban J connectivity index is 1.76. The first kappa shape index (κ1) is 19.9. The van der Waals surface area contributed by atoms with Crippen molar-refractivity contribution in [3.8, 4) is 5.69 Å². The van der Waals surface area contributed by atoms with Gasteiger partial charge in [-0.1, -0.05) is 61.6 Å². The first-order chi connectivity index (χ1) is 14.6. The van der Waals surface area contributed by atoms with Crippen LogP contribution in [-0.2, 0) is 0 Å². The first-order valence-electron chi connectivity index (χ1n) is 9.84. The average molecular weight is 420 g/mol. The van der Waals surface area contributed by atoms with Crippen molar-refractivity contribution in [1.29, 1.82) is 0 Å². The third-order valence-corrected chi connectivity index (χ3v) is 6.02. The van der Waals surface area contributed by atoms with Gasteiger partial charge in [0.05, 0.1) is 11.1 Å². The minimum atomic E-state index is -0.428. The van der Waals surface area contributed by atoms with Crippen LogP contribution in [-0.4, -0.2) is 25.9 Å². The Labute approximate surface area is 177 Å². The monoisotopic (exact) mass is 419 g/mol. The van der Waals surface area contributed by atoms with E-state index < -0.39 is 5.91 Å². The summed E-state index contributed by atoms with van der Waals surface area (Å²) >= 11 is 1.37. The molecule has 2 aromatic heterocycles. The summed E-state index contributed by atoms with van der Waals surface area (Å²) in [6.45, 7) is 4.22. The minimum absolute atomic E-state index is 0.160. The van der Waals surface area contributed by atoms with Gasteiger partial charge in [0.1, 0.15) is 5.01 Å². The average Bonchev–Trinajstić information content (AvgIpc) is 3.23. The number of aromatic nitrogens is 4. The van der Waals surface area contributed by atoms with E-state index in [-0.39, 0.29) is 11.3 Å². The van der Waals surface area contributed by atoms with Gasteiger partial charge in [-0.15, -0.1) is 10.2 Å². The first-order valence-corrected chi connectivity index (χ1v) is 10.7. The molecule has 0 fully saturated rings. The van der Waals surface area contributed by atoms with Crippen LogP contribution in [0.5, 0.6) is 0 Å². The summed E-state index contributed by atoms with van der Waals surface area (Å²) in [7, 11) is 0. The lowest BCUT2D eigenvalue weighted by Crippen LogP contribution is -2.26. The predicted octanol–water partition coefficient (Wildman–Crippen LogP) is 4.39. The largest absolute Gasteiger partial charge is 0.295 e. The van der Waals surface area contributed by atoms with E-state index in [1.165, 1.54) is 16.0 Å². The lowest BCUT2D eigenvalue weighted by atomic mass is 10.1. The molecular weight excluding hydrogens is 398 g/mol. The number of benzene rings is 2. The van der Waals surface area contributed by atoms with Gasteiger partial charge in [0, 0.05) is 11.3 Å². The van der Waals surface area contributed by atoms with E-state index in [2.05, 4.69) is 34.5 Å². The van der Waals surface area contributed by atoms with Gasteiger partial charge in [0.2, 0.25) is 5.13 Å². The van der Waals surface area contributed by atoms with E-state index in [1.807, 2.05) is 18.2 Å². The molecule has 7 nitrogen and oxygen atoms in total. The molecule has 2 aromatic carbocycles. The number of nitrogens with zero attached hydrogens (tertiary/aromatic N) is 4. The maximum Gasteiger partial charge on any atom is 0.279 e. The van der Waals surface area contributed by atoms with Gasteiger partial charge in [0.15, 0.2) is 5.69 Å². The molecule has 0 saturated heterocycles. The second-order valence-corrected chi connectivity index (χ2v) is 7.87. The van der Waals surface area contributed by atoms with Gasteiger partial charge in [0.25, 0.3) is 11.5 Å². The third kappa shape index (κ3) is 3.73. The zero-order chi connectivity index (χ0) is 21.1. The summed E-state index contributed by atoms with van der Waals surface area (Å²) < 4.78 is 1.26. The number of anilines is 1. The normalized spacial score (nSPS) is 11.2. The molecule has 4 rings (SSSR count). The molecule has 8 heteroatoms. The predicted molar refractivity (Wildman–Crippen MR) is 119 cm³/mol. The molecule has 2 heterocycles. The van der Waals surface area contributed by atoms with Crippen molar-refractivity contribution in [2.45, 2.75) is 32.6 Å². The maximum atomic E-state index is 13.1. The molecular formula is C22H21N5O2S. The van der Waals surface area contributed by atoms with E-state index in [9.17, 15) is 9.59 Å². The second-order valence-electron chi connectivity index (χ2n) is 6.86. The van der Waals surface area contributed by atoms with E-state index in [1.54, 1.807) is 36.4 Å². The SMILES string of the molecule is CCC(CC)c1nnc(NC(=O)c2nn(-c3ccccc3)c(=O)c3ccccc23)s1. The zero-order valence-electron chi connectivity index (χ0n) is 16.7. The number of rotatable bonds is 6. The molecule has 0 saturated carbocycles. The summed E-state index contributed by atoms with van der Waals surface area (Å²) in [5.41, 5.74) is 0.475. The lowest BCUT2D eigenvalue weighted by Gasteiger charge is -2.10. The Morgan fingerprint density at radius 3 is 2.37 bits per heavy atom. The van der Waals surface area contributed by atoms with Crippen molar-refractivity contribution < 1.29 is 4.79 Å². The molecule has 152 valence electrons. The highest BCUT2D eigenvalue weighted by Crippen LogP contribution is 2.28. The zero-order valence-corrected chi connectivity index (χ0v) is 17.5. The topological polar surface area (TPSA) is 89.8 Å². The number of nitrogens with one attached hydrogen (secondary N) is 1. The Morgan fingerprint density at radius 1 is 1.00 bits per heavy atom. The van der Waals surface area contributed by atoms with Crippen molar-refractivity contribution in [2.24, 2.45) is 0 Å². The Morgan fingerprint density at radius 2 is 1.67 bits per heavy atom. The van der Waals surface area contributed by atoms with Crippen LogP contribution in [0.25, 0.3) is 16.5 Å². The van der Waals surface area contributed by atoms with Gasteiger partial charge in [-0.05, 0) is 31.0 Å². The third-order valence-electron chi connectivity index (χ3n) is 5.02.